The van der Waals surface area contributed by atoms with Gasteiger partial charge in [0.25, 0.3) is 0 Å². The van der Waals surface area contributed by atoms with Crippen molar-refractivity contribution < 1.29 is 14.3 Å². The summed E-state index contributed by atoms with van der Waals surface area (Å²) in [5.74, 6) is 0.603. The lowest BCUT2D eigenvalue weighted by Gasteiger charge is -2.33. The van der Waals surface area contributed by atoms with Gasteiger partial charge in [0.2, 0.25) is 0 Å². The summed E-state index contributed by atoms with van der Waals surface area (Å²) in [5.41, 5.74) is 2.20. The van der Waals surface area contributed by atoms with Gasteiger partial charge in [-0.1, -0.05) is 41.9 Å². The van der Waals surface area contributed by atoms with Crippen molar-refractivity contribution in [2.45, 2.75) is 51.9 Å². The highest BCUT2D eigenvalue weighted by molar-refractivity contribution is 6.34. The molecule has 0 saturated carbocycles. The van der Waals surface area contributed by atoms with Crippen LogP contribution >= 0.6 is 11.6 Å². The van der Waals surface area contributed by atoms with Gasteiger partial charge >= 0.3 is 6.09 Å². The van der Waals surface area contributed by atoms with Crippen molar-refractivity contribution in [2.75, 3.05) is 13.1 Å². The zero-order valence-electron chi connectivity index (χ0n) is 19.0. The van der Waals surface area contributed by atoms with Crippen molar-refractivity contribution in [1.82, 2.24) is 19.4 Å². The van der Waals surface area contributed by atoms with Crippen LogP contribution in [-0.2, 0) is 23.1 Å². The second kappa shape index (κ2) is 9.08. The van der Waals surface area contributed by atoms with Crippen molar-refractivity contribution in [3.63, 3.8) is 0 Å². The summed E-state index contributed by atoms with van der Waals surface area (Å²) in [4.78, 5) is 23.2. The number of aromatic nitrogens is 3. The lowest BCUT2D eigenvalue weighted by molar-refractivity contribution is -0.0182. The van der Waals surface area contributed by atoms with Crippen LogP contribution in [0.4, 0.5) is 4.79 Å². The molecule has 0 radical (unpaired) electrons. The first kappa shape index (κ1) is 22.6. The zero-order valence-corrected chi connectivity index (χ0v) is 19.7. The number of carbonyl (C=O) groups is 1. The van der Waals surface area contributed by atoms with Crippen molar-refractivity contribution in [2.24, 2.45) is 7.05 Å². The van der Waals surface area contributed by atoms with Crippen molar-refractivity contribution in [3.8, 4) is 11.4 Å². The third kappa shape index (κ3) is 5.05. The summed E-state index contributed by atoms with van der Waals surface area (Å²) < 4.78 is 13.6. The molecule has 0 unspecified atom stereocenters. The van der Waals surface area contributed by atoms with Crippen molar-refractivity contribution in [3.05, 3.63) is 47.2 Å². The standard InChI is InChI=1S/C24H29ClN4O3/c1-24(2,3)32-23(30)29-12-10-18(11-13-29)31-15-17-14-19-20(25)26-21(27-22(19)28(17)4)16-8-6-5-7-9-16/h5-9,14,18H,10-13,15H2,1-4H3. The van der Waals surface area contributed by atoms with E-state index in [-0.39, 0.29) is 12.2 Å². The summed E-state index contributed by atoms with van der Waals surface area (Å²) in [6.45, 7) is 7.35. The fraction of sp³-hybridized carbons (Fsp3) is 0.458. The van der Waals surface area contributed by atoms with E-state index >= 15 is 0 Å². The van der Waals surface area contributed by atoms with E-state index in [0.717, 1.165) is 35.1 Å². The van der Waals surface area contributed by atoms with Gasteiger partial charge in [-0.05, 0) is 39.7 Å². The van der Waals surface area contributed by atoms with E-state index in [9.17, 15) is 4.79 Å². The molecule has 0 N–H and O–H groups in total. The number of fused-ring (bicyclic) bond motifs is 1. The van der Waals surface area contributed by atoms with Crippen LogP contribution in [0.3, 0.4) is 0 Å². The van der Waals surface area contributed by atoms with Gasteiger partial charge in [-0.2, -0.15) is 0 Å². The molecule has 7 nitrogen and oxygen atoms in total. The van der Waals surface area contributed by atoms with Crippen LogP contribution in [0.2, 0.25) is 5.15 Å². The molecule has 0 spiro atoms. The molecule has 3 heterocycles. The Morgan fingerprint density at radius 2 is 1.84 bits per heavy atom. The number of hydrogen-bond acceptors (Lipinski definition) is 5. The fourth-order valence-corrected chi connectivity index (χ4v) is 4.02. The largest absolute Gasteiger partial charge is 0.444 e. The number of hydrogen-bond donors (Lipinski definition) is 0. The van der Waals surface area contributed by atoms with Gasteiger partial charge in [0.1, 0.15) is 16.4 Å². The lowest BCUT2D eigenvalue weighted by atomic mass is 10.1. The molecule has 2 aromatic heterocycles. The molecular weight excluding hydrogens is 428 g/mol. The summed E-state index contributed by atoms with van der Waals surface area (Å²) in [6, 6.07) is 11.8. The van der Waals surface area contributed by atoms with Crippen molar-refractivity contribution in [1.29, 1.82) is 0 Å². The van der Waals surface area contributed by atoms with Crippen LogP contribution < -0.4 is 0 Å². The third-order valence-electron chi connectivity index (χ3n) is 5.53. The van der Waals surface area contributed by atoms with E-state index in [1.54, 1.807) is 4.90 Å². The van der Waals surface area contributed by atoms with Crippen LogP contribution in [0, 0.1) is 0 Å². The number of nitrogens with zero attached hydrogens (tertiary/aromatic N) is 4. The van der Waals surface area contributed by atoms with Crippen LogP contribution in [0.25, 0.3) is 22.4 Å². The average Bonchev–Trinajstić information content (AvgIpc) is 3.08. The van der Waals surface area contributed by atoms with E-state index < -0.39 is 5.60 Å². The zero-order chi connectivity index (χ0) is 22.9. The molecule has 1 amide bonds. The molecule has 3 aromatic rings. The van der Waals surface area contributed by atoms with Crippen LogP contribution in [-0.4, -0.2) is 50.3 Å². The smallest absolute Gasteiger partial charge is 0.410 e. The highest BCUT2D eigenvalue weighted by Crippen LogP contribution is 2.28. The van der Waals surface area contributed by atoms with Gasteiger partial charge in [-0.3, -0.25) is 0 Å². The molecule has 8 heteroatoms. The fourth-order valence-electron chi connectivity index (χ4n) is 3.80. The third-order valence-corrected chi connectivity index (χ3v) is 5.82. The quantitative estimate of drug-likeness (QED) is 0.504. The first-order valence-corrected chi connectivity index (χ1v) is 11.3. The number of halogens is 1. The maximum atomic E-state index is 12.2. The molecule has 4 rings (SSSR count). The molecule has 1 fully saturated rings. The summed E-state index contributed by atoms with van der Waals surface area (Å²) >= 11 is 6.48. The van der Waals surface area contributed by atoms with Gasteiger partial charge in [0, 0.05) is 31.4 Å². The Bertz CT molecular complexity index is 1100. The second-order valence-electron chi connectivity index (χ2n) is 9.11. The molecule has 0 aliphatic carbocycles. The van der Waals surface area contributed by atoms with E-state index in [0.29, 0.717) is 30.7 Å². The lowest BCUT2D eigenvalue weighted by Crippen LogP contribution is -2.43. The predicted molar refractivity (Wildman–Crippen MR) is 125 cm³/mol. The Morgan fingerprint density at radius 1 is 1.16 bits per heavy atom. The molecular formula is C24H29ClN4O3. The number of rotatable bonds is 4. The van der Waals surface area contributed by atoms with Crippen LogP contribution in [0.15, 0.2) is 36.4 Å². The van der Waals surface area contributed by atoms with Gasteiger partial charge in [0.15, 0.2) is 5.82 Å². The monoisotopic (exact) mass is 456 g/mol. The summed E-state index contributed by atoms with van der Waals surface area (Å²) in [5, 5.41) is 1.24. The van der Waals surface area contributed by atoms with E-state index in [1.165, 1.54) is 0 Å². The number of ether oxygens (including phenoxy) is 2. The maximum absolute atomic E-state index is 12.2. The predicted octanol–water partition coefficient (Wildman–Crippen LogP) is 5.20. The van der Waals surface area contributed by atoms with Gasteiger partial charge < -0.3 is 18.9 Å². The normalized spacial score (nSPS) is 15.3. The number of carbonyl (C=O) groups excluding carboxylic acids is 1. The average molecular weight is 457 g/mol. The van der Waals surface area contributed by atoms with Gasteiger partial charge in [0.05, 0.1) is 18.1 Å². The number of benzene rings is 1. The summed E-state index contributed by atoms with van der Waals surface area (Å²) in [7, 11) is 1.96. The molecule has 32 heavy (non-hydrogen) atoms. The Hall–Kier alpha value is -2.64. The molecule has 0 atom stereocenters. The summed E-state index contributed by atoms with van der Waals surface area (Å²) in [6.07, 6.45) is 1.39. The maximum Gasteiger partial charge on any atom is 0.410 e. The van der Waals surface area contributed by atoms with Crippen molar-refractivity contribution >= 4 is 28.7 Å². The number of likely N-dealkylation sites (tertiary alicyclic amines) is 1. The highest BCUT2D eigenvalue weighted by Gasteiger charge is 2.27. The molecule has 1 aliphatic rings. The van der Waals surface area contributed by atoms with Gasteiger partial charge in [-0.15, -0.1) is 0 Å². The Kier molecular flexibility index (Phi) is 6.40. The Balaban J connectivity index is 1.41. The molecule has 1 aromatic carbocycles. The first-order chi connectivity index (χ1) is 15.2. The Morgan fingerprint density at radius 3 is 2.50 bits per heavy atom. The number of aryl methyl sites for hydroxylation is 1. The SMILES string of the molecule is Cn1c(COC2CCN(C(=O)OC(C)(C)C)CC2)cc2c(Cl)nc(-c3ccccc3)nc21. The van der Waals surface area contributed by atoms with E-state index in [2.05, 4.69) is 4.98 Å². The van der Waals surface area contributed by atoms with E-state index in [1.807, 2.05) is 68.8 Å². The van der Waals surface area contributed by atoms with Crippen LogP contribution in [0.5, 0.6) is 0 Å². The topological polar surface area (TPSA) is 69.5 Å². The minimum absolute atomic E-state index is 0.0909. The molecule has 1 saturated heterocycles. The molecule has 0 bridgehead atoms. The highest BCUT2D eigenvalue weighted by atomic mass is 35.5. The first-order valence-electron chi connectivity index (χ1n) is 10.9. The minimum atomic E-state index is -0.483. The Labute approximate surface area is 193 Å². The molecule has 170 valence electrons. The van der Waals surface area contributed by atoms with E-state index in [4.69, 9.17) is 26.1 Å². The number of amides is 1. The molecule has 1 aliphatic heterocycles. The second-order valence-corrected chi connectivity index (χ2v) is 9.47. The minimum Gasteiger partial charge on any atom is -0.444 e. The van der Waals surface area contributed by atoms with Gasteiger partial charge in [-0.25, -0.2) is 14.8 Å². The van der Waals surface area contributed by atoms with Crippen LogP contribution in [0.1, 0.15) is 39.3 Å². The number of piperidine rings is 1.